The Kier molecular flexibility index (Phi) is 5.76. The van der Waals surface area contributed by atoms with Crippen LogP contribution < -0.4 is 0 Å². The maximum absolute atomic E-state index is 10.9. The van der Waals surface area contributed by atoms with E-state index in [0.717, 1.165) is 41.0 Å². The lowest BCUT2D eigenvalue weighted by atomic mass is 9.79. The van der Waals surface area contributed by atoms with Crippen LogP contribution >= 0.6 is 11.8 Å². The highest BCUT2D eigenvalue weighted by Crippen LogP contribution is 2.41. The van der Waals surface area contributed by atoms with Crippen molar-refractivity contribution >= 4 is 22.9 Å². The number of aromatic nitrogens is 3. The van der Waals surface area contributed by atoms with Gasteiger partial charge < -0.3 is 9.67 Å². The molecule has 0 radical (unpaired) electrons. The molecule has 0 aliphatic rings. The Morgan fingerprint density at radius 1 is 1.00 bits per heavy atom. The number of benzene rings is 1. The van der Waals surface area contributed by atoms with E-state index in [1.165, 1.54) is 4.90 Å². The van der Waals surface area contributed by atoms with Crippen molar-refractivity contribution < 1.29 is 5.11 Å². The highest BCUT2D eigenvalue weighted by atomic mass is 32.2. The standard InChI is InChI=1S/C23H31N3OS/c1-22(2,3)17-13-16(14-18(20(17)27)23(4,5)6)28-12-8-11-26-15-25-19-9-7-10-24-21(19)26/h7,9-10,13-15,27H,8,11-12H2,1-6H3. The van der Waals surface area contributed by atoms with Crippen LogP contribution in [-0.4, -0.2) is 25.4 Å². The lowest BCUT2D eigenvalue weighted by Crippen LogP contribution is -2.17. The van der Waals surface area contributed by atoms with Gasteiger partial charge >= 0.3 is 0 Å². The fourth-order valence-corrected chi connectivity index (χ4v) is 4.23. The first-order valence-corrected chi connectivity index (χ1v) is 10.8. The van der Waals surface area contributed by atoms with E-state index in [1.54, 1.807) is 0 Å². The van der Waals surface area contributed by atoms with E-state index < -0.39 is 0 Å². The summed E-state index contributed by atoms with van der Waals surface area (Å²) in [6.45, 7) is 13.8. The van der Waals surface area contributed by atoms with Gasteiger partial charge in [0.25, 0.3) is 0 Å². The van der Waals surface area contributed by atoms with Gasteiger partial charge in [0.2, 0.25) is 0 Å². The van der Waals surface area contributed by atoms with E-state index in [0.29, 0.717) is 5.75 Å². The fourth-order valence-electron chi connectivity index (χ4n) is 3.32. The molecule has 0 saturated heterocycles. The molecule has 0 aliphatic carbocycles. The second-order valence-corrected chi connectivity index (χ2v) is 10.5. The van der Waals surface area contributed by atoms with Gasteiger partial charge in [-0.25, -0.2) is 9.97 Å². The monoisotopic (exact) mass is 397 g/mol. The van der Waals surface area contributed by atoms with Crippen molar-refractivity contribution in [2.75, 3.05) is 5.75 Å². The highest BCUT2D eigenvalue weighted by molar-refractivity contribution is 7.99. The Balaban J connectivity index is 1.73. The van der Waals surface area contributed by atoms with Crippen molar-refractivity contribution in [3.05, 3.63) is 47.9 Å². The summed E-state index contributed by atoms with van der Waals surface area (Å²) in [5, 5.41) is 10.9. The number of phenolic OH excluding ortho intramolecular Hbond substituents is 1. The molecule has 0 fully saturated rings. The Bertz CT molecular complexity index is 929. The number of phenols is 1. The number of nitrogens with zero attached hydrogens (tertiary/aromatic N) is 3. The lowest BCUT2D eigenvalue weighted by molar-refractivity contribution is 0.422. The smallest absolute Gasteiger partial charge is 0.159 e. The Labute approximate surface area is 172 Å². The minimum absolute atomic E-state index is 0.0952. The van der Waals surface area contributed by atoms with Crippen LogP contribution in [0.25, 0.3) is 11.2 Å². The summed E-state index contributed by atoms with van der Waals surface area (Å²) in [5.41, 5.74) is 3.74. The molecule has 3 aromatic rings. The van der Waals surface area contributed by atoms with Crippen LogP contribution in [0.5, 0.6) is 5.75 Å². The van der Waals surface area contributed by atoms with Crippen LogP contribution in [0.15, 0.2) is 41.7 Å². The second kappa shape index (κ2) is 7.78. The molecule has 0 saturated carbocycles. The first-order chi connectivity index (χ1) is 13.1. The Morgan fingerprint density at radius 2 is 1.64 bits per heavy atom. The number of hydrogen-bond donors (Lipinski definition) is 1. The molecule has 0 aliphatic heterocycles. The Hall–Kier alpha value is -2.01. The molecule has 150 valence electrons. The van der Waals surface area contributed by atoms with Crippen LogP contribution in [0.4, 0.5) is 0 Å². The maximum Gasteiger partial charge on any atom is 0.159 e. The van der Waals surface area contributed by atoms with E-state index in [2.05, 4.69) is 68.2 Å². The van der Waals surface area contributed by atoms with Gasteiger partial charge in [-0.05, 0) is 47.3 Å². The first kappa shape index (κ1) is 20.7. The molecule has 2 heterocycles. The van der Waals surface area contributed by atoms with Gasteiger partial charge in [0.15, 0.2) is 5.65 Å². The molecule has 5 heteroatoms. The van der Waals surface area contributed by atoms with Gasteiger partial charge in [-0.1, -0.05) is 41.5 Å². The van der Waals surface area contributed by atoms with Gasteiger partial charge in [0.05, 0.1) is 6.33 Å². The molecule has 1 aromatic carbocycles. The molecular weight excluding hydrogens is 366 g/mol. The summed E-state index contributed by atoms with van der Waals surface area (Å²) in [7, 11) is 0. The summed E-state index contributed by atoms with van der Waals surface area (Å²) < 4.78 is 2.12. The van der Waals surface area contributed by atoms with Crippen LogP contribution in [0, 0.1) is 0 Å². The van der Waals surface area contributed by atoms with Crippen molar-refractivity contribution in [2.45, 2.75) is 70.2 Å². The zero-order chi connectivity index (χ0) is 20.5. The molecule has 0 spiro atoms. The molecule has 0 bridgehead atoms. The van der Waals surface area contributed by atoms with E-state index in [4.69, 9.17) is 0 Å². The Morgan fingerprint density at radius 3 is 2.25 bits per heavy atom. The average molecular weight is 398 g/mol. The van der Waals surface area contributed by atoms with Gasteiger partial charge in [-0.3, -0.25) is 0 Å². The molecule has 1 N–H and O–H groups in total. The second-order valence-electron chi connectivity index (χ2n) is 9.35. The zero-order valence-corrected chi connectivity index (χ0v) is 18.6. The zero-order valence-electron chi connectivity index (χ0n) is 17.8. The fraction of sp³-hybridized carbons (Fsp3) is 0.478. The largest absolute Gasteiger partial charge is 0.507 e. The van der Waals surface area contributed by atoms with Crippen molar-refractivity contribution in [3.8, 4) is 5.75 Å². The van der Waals surface area contributed by atoms with Crippen molar-refractivity contribution in [1.82, 2.24) is 14.5 Å². The molecule has 2 aromatic heterocycles. The molecule has 4 nitrogen and oxygen atoms in total. The number of pyridine rings is 1. The minimum atomic E-state index is -0.0952. The van der Waals surface area contributed by atoms with Crippen LogP contribution in [0.1, 0.15) is 59.1 Å². The number of fused-ring (bicyclic) bond motifs is 1. The van der Waals surface area contributed by atoms with Gasteiger partial charge in [-0.15, -0.1) is 11.8 Å². The third-order valence-electron chi connectivity index (χ3n) is 4.89. The number of hydrogen-bond acceptors (Lipinski definition) is 4. The van der Waals surface area contributed by atoms with E-state index in [1.807, 2.05) is 36.4 Å². The van der Waals surface area contributed by atoms with E-state index >= 15 is 0 Å². The normalized spacial score (nSPS) is 12.6. The molecule has 0 unspecified atom stereocenters. The molecule has 0 amide bonds. The van der Waals surface area contributed by atoms with Gasteiger partial charge in [0.1, 0.15) is 11.3 Å². The van der Waals surface area contributed by atoms with Gasteiger partial charge in [-0.2, -0.15) is 0 Å². The minimum Gasteiger partial charge on any atom is -0.507 e. The van der Waals surface area contributed by atoms with Crippen molar-refractivity contribution in [3.63, 3.8) is 0 Å². The van der Waals surface area contributed by atoms with Crippen LogP contribution in [0.2, 0.25) is 0 Å². The molecular formula is C23H31N3OS. The third-order valence-corrected chi connectivity index (χ3v) is 5.95. The summed E-state index contributed by atoms with van der Waals surface area (Å²) in [5.74, 6) is 1.45. The number of imidazole rings is 1. The van der Waals surface area contributed by atoms with E-state index in [-0.39, 0.29) is 10.8 Å². The maximum atomic E-state index is 10.9. The number of rotatable bonds is 5. The average Bonchev–Trinajstić information content (AvgIpc) is 3.01. The number of aryl methyl sites for hydroxylation is 1. The molecule has 0 atom stereocenters. The SMILES string of the molecule is CC(C)(C)c1cc(SCCCn2cnc3cccnc32)cc(C(C)(C)C)c1O. The van der Waals surface area contributed by atoms with Crippen LogP contribution in [0.3, 0.4) is 0 Å². The van der Waals surface area contributed by atoms with E-state index in [9.17, 15) is 5.11 Å². The summed E-state index contributed by atoms with van der Waals surface area (Å²) >= 11 is 1.85. The third kappa shape index (κ3) is 4.52. The molecule has 28 heavy (non-hydrogen) atoms. The topological polar surface area (TPSA) is 50.9 Å². The summed E-state index contributed by atoms with van der Waals surface area (Å²) in [6.07, 6.45) is 4.72. The number of thioether (sulfide) groups is 1. The predicted molar refractivity (Wildman–Crippen MR) is 118 cm³/mol. The molecule has 3 rings (SSSR count). The lowest BCUT2D eigenvalue weighted by Gasteiger charge is -2.28. The highest BCUT2D eigenvalue weighted by Gasteiger charge is 2.26. The predicted octanol–water partition coefficient (Wildman–Crippen LogP) is 5.91. The van der Waals surface area contributed by atoms with Crippen molar-refractivity contribution in [1.29, 1.82) is 0 Å². The van der Waals surface area contributed by atoms with Gasteiger partial charge in [0, 0.05) is 28.8 Å². The first-order valence-electron chi connectivity index (χ1n) is 9.84. The summed E-state index contributed by atoms with van der Waals surface area (Å²) in [4.78, 5) is 10.1. The van der Waals surface area contributed by atoms with Crippen LogP contribution in [-0.2, 0) is 17.4 Å². The summed E-state index contributed by atoms with van der Waals surface area (Å²) in [6, 6.07) is 8.22. The quantitative estimate of drug-likeness (QED) is 0.429. The van der Waals surface area contributed by atoms with Crippen molar-refractivity contribution in [2.24, 2.45) is 0 Å². The number of aromatic hydroxyl groups is 1.